The quantitative estimate of drug-likeness (QED) is 0.540. The summed E-state index contributed by atoms with van der Waals surface area (Å²) >= 11 is 1.22. The Morgan fingerprint density at radius 2 is 2.30 bits per heavy atom. The molecule has 108 valence electrons. The summed E-state index contributed by atoms with van der Waals surface area (Å²) in [5.41, 5.74) is 0. The molecule has 0 bridgehead atoms. The van der Waals surface area contributed by atoms with E-state index >= 15 is 0 Å². The molecule has 0 aliphatic heterocycles. The maximum atomic E-state index is 12.0. The van der Waals surface area contributed by atoms with Crippen LogP contribution in [-0.2, 0) is 9.59 Å². The van der Waals surface area contributed by atoms with Crippen molar-refractivity contribution in [3.05, 3.63) is 12.7 Å². The number of hydrogen-bond donors (Lipinski definition) is 1. The van der Waals surface area contributed by atoms with Gasteiger partial charge in [0.25, 0.3) is 0 Å². The molecule has 2 rings (SSSR count). The number of thioether (sulfide) groups is 1. The van der Waals surface area contributed by atoms with Crippen LogP contribution in [0.25, 0.3) is 0 Å². The van der Waals surface area contributed by atoms with Crippen molar-refractivity contribution in [2.45, 2.75) is 24.0 Å². The van der Waals surface area contributed by atoms with Gasteiger partial charge in [0.05, 0.1) is 11.8 Å². The number of carboxylic acid groups (broad SMARTS) is 1. The first-order valence-corrected chi connectivity index (χ1v) is 7.11. The van der Waals surface area contributed by atoms with E-state index in [9.17, 15) is 9.59 Å². The van der Waals surface area contributed by atoms with Gasteiger partial charge in [0.1, 0.15) is 6.54 Å². The van der Waals surface area contributed by atoms with Crippen LogP contribution in [0.5, 0.6) is 0 Å². The van der Waals surface area contributed by atoms with Gasteiger partial charge in [-0.2, -0.15) is 0 Å². The van der Waals surface area contributed by atoms with Crippen LogP contribution in [0, 0.1) is 0 Å². The van der Waals surface area contributed by atoms with E-state index < -0.39 is 5.97 Å². The fraction of sp³-hybridized carbons (Fsp3) is 0.545. The minimum absolute atomic E-state index is 0.105. The molecular formula is C11H15N5O3S. The largest absolute Gasteiger partial charge is 0.480 e. The number of amides is 1. The van der Waals surface area contributed by atoms with Crippen molar-refractivity contribution in [2.24, 2.45) is 0 Å². The maximum Gasteiger partial charge on any atom is 0.323 e. The molecule has 0 aromatic carbocycles. The molecule has 1 aromatic rings. The Morgan fingerprint density at radius 1 is 1.55 bits per heavy atom. The van der Waals surface area contributed by atoms with E-state index in [1.165, 1.54) is 22.7 Å². The van der Waals surface area contributed by atoms with Gasteiger partial charge in [0, 0.05) is 6.54 Å². The van der Waals surface area contributed by atoms with Crippen LogP contribution in [0.3, 0.4) is 0 Å². The molecule has 20 heavy (non-hydrogen) atoms. The lowest BCUT2D eigenvalue weighted by Crippen LogP contribution is -2.37. The molecule has 0 unspecified atom stereocenters. The van der Waals surface area contributed by atoms with Gasteiger partial charge in [-0.3, -0.25) is 9.59 Å². The predicted octanol–water partition coefficient (Wildman–Crippen LogP) is 0.199. The van der Waals surface area contributed by atoms with Crippen LogP contribution in [0.1, 0.15) is 18.9 Å². The lowest BCUT2D eigenvalue weighted by Gasteiger charge is -2.18. The number of aliphatic carboxylic acids is 1. The highest BCUT2D eigenvalue weighted by molar-refractivity contribution is 7.99. The highest BCUT2D eigenvalue weighted by atomic mass is 32.2. The van der Waals surface area contributed by atoms with Crippen LogP contribution < -0.4 is 0 Å². The zero-order valence-corrected chi connectivity index (χ0v) is 11.6. The summed E-state index contributed by atoms with van der Waals surface area (Å²) in [7, 11) is 0. The number of rotatable bonds is 8. The molecule has 1 aromatic heterocycles. The number of tetrazole rings is 1. The predicted molar refractivity (Wildman–Crippen MR) is 71.2 cm³/mol. The van der Waals surface area contributed by atoms with E-state index in [0.29, 0.717) is 11.2 Å². The van der Waals surface area contributed by atoms with Gasteiger partial charge in [0.15, 0.2) is 0 Å². The fourth-order valence-corrected chi connectivity index (χ4v) is 2.47. The van der Waals surface area contributed by atoms with Crippen LogP contribution in [0.15, 0.2) is 17.8 Å². The van der Waals surface area contributed by atoms with Crippen molar-refractivity contribution in [3.63, 3.8) is 0 Å². The third-order valence-electron chi connectivity index (χ3n) is 2.71. The molecule has 0 radical (unpaired) electrons. The van der Waals surface area contributed by atoms with Crippen LogP contribution in [0.2, 0.25) is 0 Å². The molecule has 1 fully saturated rings. The van der Waals surface area contributed by atoms with E-state index in [2.05, 4.69) is 22.1 Å². The molecule has 1 amide bonds. The second kappa shape index (κ2) is 6.51. The lowest BCUT2D eigenvalue weighted by molar-refractivity contribution is -0.143. The number of carbonyl (C=O) groups excluding carboxylic acids is 1. The zero-order valence-electron chi connectivity index (χ0n) is 10.8. The Kier molecular flexibility index (Phi) is 4.72. The summed E-state index contributed by atoms with van der Waals surface area (Å²) < 4.78 is 1.72. The second-order valence-corrected chi connectivity index (χ2v) is 5.33. The number of hydrogen-bond acceptors (Lipinski definition) is 6. The molecule has 9 heteroatoms. The van der Waals surface area contributed by atoms with E-state index in [1.807, 2.05) is 0 Å². The number of nitrogens with zero attached hydrogens (tertiary/aromatic N) is 5. The second-order valence-electron chi connectivity index (χ2n) is 4.38. The highest BCUT2D eigenvalue weighted by Crippen LogP contribution is 2.36. The number of aromatic nitrogens is 4. The average molecular weight is 297 g/mol. The monoisotopic (exact) mass is 297 g/mol. The minimum atomic E-state index is -1.05. The van der Waals surface area contributed by atoms with E-state index in [0.717, 1.165) is 12.8 Å². The summed E-state index contributed by atoms with van der Waals surface area (Å²) in [6, 6.07) is 0.339. The lowest BCUT2D eigenvalue weighted by atomic mass is 10.4. The molecule has 1 aliphatic carbocycles. The summed E-state index contributed by atoms with van der Waals surface area (Å²) in [5.74, 6) is -1.22. The Labute approximate surface area is 119 Å². The molecule has 8 nitrogen and oxygen atoms in total. The van der Waals surface area contributed by atoms with E-state index in [4.69, 9.17) is 5.11 Å². The Morgan fingerprint density at radius 3 is 2.90 bits per heavy atom. The third-order valence-corrected chi connectivity index (χ3v) is 3.63. The van der Waals surface area contributed by atoms with Gasteiger partial charge in [-0.05, 0) is 23.3 Å². The Hall–Kier alpha value is -1.90. The average Bonchev–Trinajstić information content (AvgIpc) is 3.14. The van der Waals surface area contributed by atoms with E-state index in [-0.39, 0.29) is 24.7 Å². The minimum Gasteiger partial charge on any atom is -0.480 e. The number of carboxylic acids is 1. The Balaban J connectivity index is 1.90. The summed E-state index contributed by atoms with van der Waals surface area (Å²) in [5, 5.41) is 20.7. The SMILES string of the molecule is C=CCN(CC(=O)O)C(=O)CSc1nnnn1C1CC1. The molecular weight excluding hydrogens is 282 g/mol. The van der Waals surface area contributed by atoms with Gasteiger partial charge in [-0.25, -0.2) is 4.68 Å². The van der Waals surface area contributed by atoms with Crippen molar-refractivity contribution in [2.75, 3.05) is 18.8 Å². The van der Waals surface area contributed by atoms with E-state index in [1.54, 1.807) is 4.68 Å². The zero-order chi connectivity index (χ0) is 14.5. The first-order valence-electron chi connectivity index (χ1n) is 6.13. The molecule has 1 N–H and O–H groups in total. The topological polar surface area (TPSA) is 101 Å². The Bertz CT molecular complexity index is 514. The summed E-state index contributed by atoms with van der Waals surface area (Å²) in [6.45, 7) is 3.39. The summed E-state index contributed by atoms with van der Waals surface area (Å²) in [4.78, 5) is 23.9. The normalized spacial score (nSPS) is 14.0. The van der Waals surface area contributed by atoms with Crippen LogP contribution in [-0.4, -0.2) is 60.9 Å². The van der Waals surface area contributed by atoms with Crippen molar-refractivity contribution < 1.29 is 14.7 Å². The first-order chi connectivity index (χ1) is 9.61. The maximum absolute atomic E-state index is 12.0. The van der Waals surface area contributed by atoms with Crippen molar-refractivity contribution in [1.82, 2.24) is 25.1 Å². The molecule has 1 heterocycles. The van der Waals surface area contributed by atoms with Gasteiger partial charge in [-0.1, -0.05) is 17.8 Å². The van der Waals surface area contributed by atoms with Gasteiger partial charge in [0.2, 0.25) is 11.1 Å². The number of carbonyl (C=O) groups is 2. The molecule has 0 spiro atoms. The first kappa shape index (κ1) is 14.5. The standard InChI is InChI=1S/C11H15N5O3S/c1-2-5-15(6-10(18)19)9(17)7-20-11-12-13-14-16(11)8-3-4-8/h2,8H,1,3-7H2,(H,18,19). The van der Waals surface area contributed by atoms with Gasteiger partial charge >= 0.3 is 5.97 Å². The molecule has 0 saturated heterocycles. The van der Waals surface area contributed by atoms with Crippen molar-refractivity contribution >= 4 is 23.6 Å². The summed E-state index contributed by atoms with van der Waals surface area (Å²) in [6.07, 6.45) is 3.60. The van der Waals surface area contributed by atoms with Crippen LogP contribution >= 0.6 is 11.8 Å². The fourth-order valence-electron chi connectivity index (χ4n) is 1.62. The van der Waals surface area contributed by atoms with Gasteiger partial charge in [-0.15, -0.1) is 11.7 Å². The molecule has 1 saturated carbocycles. The van der Waals surface area contributed by atoms with Crippen molar-refractivity contribution in [1.29, 1.82) is 0 Å². The molecule has 0 atom stereocenters. The smallest absolute Gasteiger partial charge is 0.323 e. The molecule has 1 aliphatic rings. The highest BCUT2D eigenvalue weighted by Gasteiger charge is 2.28. The van der Waals surface area contributed by atoms with Crippen LogP contribution in [0.4, 0.5) is 0 Å². The van der Waals surface area contributed by atoms with Crippen molar-refractivity contribution in [3.8, 4) is 0 Å². The van der Waals surface area contributed by atoms with Gasteiger partial charge < -0.3 is 10.0 Å². The third kappa shape index (κ3) is 3.80.